The third kappa shape index (κ3) is 2.81. The summed E-state index contributed by atoms with van der Waals surface area (Å²) >= 11 is 0. The summed E-state index contributed by atoms with van der Waals surface area (Å²) in [5.74, 6) is -0.279. The maximum absolute atomic E-state index is 13.1. The van der Waals surface area contributed by atoms with Crippen molar-refractivity contribution in [1.29, 1.82) is 0 Å². The minimum Gasteiger partial charge on any atom is -0.496 e. The van der Waals surface area contributed by atoms with Crippen LogP contribution in [0.25, 0.3) is 11.3 Å². The highest BCUT2D eigenvalue weighted by atomic mass is 19.3. The van der Waals surface area contributed by atoms with Gasteiger partial charge in [0.25, 0.3) is 0 Å². The Labute approximate surface area is 107 Å². The lowest BCUT2D eigenvalue weighted by molar-refractivity contribution is -0.0553. The molecule has 0 amide bonds. The fourth-order valence-corrected chi connectivity index (χ4v) is 1.66. The van der Waals surface area contributed by atoms with Gasteiger partial charge in [-0.3, -0.25) is 0 Å². The van der Waals surface area contributed by atoms with Crippen LogP contribution in [0.3, 0.4) is 0 Å². The van der Waals surface area contributed by atoms with Crippen molar-refractivity contribution in [3.8, 4) is 22.9 Å². The van der Waals surface area contributed by atoms with E-state index in [4.69, 9.17) is 4.74 Å². The minimum atomic E-state index is -2.93. The molecule has 0 aliphatic heterocycles. The Balaban J connectivity index is 2.42. The molecule has 0 saturated heterocycles. The third-order valence-corrected chi connectivity index (χ3v) is 2.49. The van der Waals surface area contributed by atoms with E-state index in [1.807, 2.05) is 0 Å². The van der Waals surface area contributed by atoms with Crippen LogP contribution in [0.2, 0.25) is 0 Å². The first-order valence-electron chi connectivity index (χ1n) is 5.34. The number of nitrogens with zero attached hydrogens (tertiary/aromatic N) is 2. The lowest BCUT2D eigenvalue weighted by Crippen LogP contribution is -2.05. The molecular formula is C12H11F3N2O2. The smallest absolute Gasteiger partial charge is 0.388 e. The summed E-state index contributed by atoms with van der Waals surface area (Å²) < 4.78 is 47.9. The molecule has 0 spiro atoms. The van der Waals surface area contributed by atoms with Gasteiger partial charge in [0, 0.05) is 24.7 Å². The van der Waals surface area contributed by atoms with Crippen LogP contribution in [0.1, 0.15) is 0 Å². The number of hydrogen-bond donors (Lipinski definition) is 0. The first-order valence-corrected chi connectivity index (χ1v) is 5.34. The molecule has 0 unspecified atom stereocenters. The van der Waals surface area contributed by atoms with E-state index in [2.05, 4.69) is 9.84 Å². The molecule has 0 saturated carbocycles. The quantitative estimate of drug-likeness (QED) is 0.858. The summed E-state index contributed by atoms with van der Waals surface area (Å²) in [7, 11) is 2.86. The molecule has 0 N–H and O–H groups in total. The van der Waals surface area contributed by atoms with Gasteiger partial charge in [0.15, 0.2) is 0 Å². The number of methoxy groups -OCH3 is 1. The summed E-state index contributed by atoms with van der Waals surface area (Å²) in [5, 5.41) is 4.03. The van der Waals surface area contributed by atoms with Gasteiger partial charge in [-0.05, 0) is 12.1 Å². The van der Waals surface area contributed by atoms with Crippen molar-refractivity contribution in [2.45, 2.75) is 6.61 Å². The number of benzene rings is 1. The molecule has 0 bridgehead atoms. The average molecular weight is 272 g/mol. The van der Waals surface area contributed by atoms with E-state index >= 15 is 0 Å². The van der Waals surface area contributed by atoms with Gasteiger partial charge >= 0.3 is 6.61 Å². The molecule has 1 aromatic carbocycles. The van der Waals surface area contributed by atoms with Gasteiger partial charge in [0.1, 0.15) is 11.6 Å². The predicted octanol–water partition coefficient (Wildman–Crippen LogP) is 2.84. The van der Waals surface area contributed by atoms with Gasteiger partial charge in [-0.1, -0.05) is 0 Å². The molecule has 7 heteroatoms. The fraction of sp³-hybridized carbons (Fsp3) is 0.250. The van der Waals surface area contributed by atoms with Crippen LogP contribution in [0.4, 0.5) is 13.2 Å². The molecule has 0 aliphatic rings. The highest BCUT2D eigenvalue weighted by molar-refractivity contribution is 5.67. The summed E-state index contributed by atoms with van der Waals surface area (Å²) in [6, 6.07) is 5.22. The third-order valence-electron chi connectivity index (χ3n) is 2.49. The second-order valence-corrected chi connectivity index (χ2v) is 3.71. The van der Waals surface area contributed by atoms with Crippen LogP contribution in [-0.2, 0) is 7.05 Å². The second-order valence-electron chi connectivity index (χ2n) is 3.71. The highest BCUT2D eigenvalue weighted by Crippen LogP contribution is 2.31. The number of aromatic nitrogens is 2. The SMILES string of the molecule is COc1cc(F)ccc1-c1cc(OC(F)F)n(C)n1. The van der Waals surface area contributed by atoms with Gasteiger partial charge in [-0.15, -0.1) is 0 Å². The predicted molar refractivity (Wildman–Crippen MR) is 61.8 cm³/mol. The molecule has 1 aromatic heterocycles. The molecule has 102 valence electrons. The molecule has 2 rings (SSSR count). The lowest BCUT2D eigenvalue weighted by Gasteiger charge is -2.05. The zero-order valence-corrected chi connectivity index (χ0v) is 10.2. The van der Waals surface area contributed by atoms with E-state index in [-0.39, 0.29) is 11.6 Å². The largest absolute Gasteiger partial charge is 0.496 e. The highest BCUT2D eigenvalue weighted by Gasteiger charge is 2.15. The maximum atomic E-state index is 13.1. The molecule has 1 heterocycles. The number of hydrogen-bond acceptors (Lipinski definition) is 3. The monoisotopic (exact) mass is 272 g/mol. The zero-order valence-electron chi connectivity index (χ0n) is 10.2. The van der Waals surface area contributed by atoms with Crippen molar-refractivity contribution < 1.29 is 22.6 Å². The molecule has 19 heavy (non-hydrogen) atoms. The van der Waals surface area contributed by atoms with Crippen molar-refractivity contribution in [1.82, 2.24) is 9.78 Å². The van der Waals surface area contributed by atoms with E-state index in [9.17, 15) is 13.2 Å². The number of aryl methyl sites for hydroxylation is 1. The number of halogens is 3. The fourth-order valence-electron chi connectivity index (χ4n) is 1.66. The second kappa shape index (κ2) is 5.21. The Morgan fingerprint density at radius 3 is 2.63 bits per heavy atom. The van der Waals surface area contributed by atoms with Crippen LogP contribution in [0, 0.1) is 5.82 Å². The lowest BCUT2D eigenvalue weighted by atomic mass is 10.1. The van der Waals surface area contributed by atoms with Crippen LogP contribution in [0.15, 0.2) is 24.3 Å². The number of alkyl halides is 2. The average Bonchev–Trinajstić information content (AvgIpc) is 2.69. The van der Waals surface area contributed by atoms with Gasteiger partial charge in [-0.25, -0.2) is 9.07 Å². The van der Waals surface area contributed by atoms with Crippen molar-refractivity contribution in [3.63, 3.8) is 0 Å². The van der Waals surface area contributed by atoms with E-state index in [1.54, 1.807) is 0 Å². The molecule has 4 nitrogen and oxygen atoms in total. The Morgan fingerprint density at radius 2 is 2.00 bits per heavy atom. The van der Waals surface area contributed by atoms with Crippen LogP contribution in [-0.4, -0.2) is 23.5 Å². The zero-order chi connectivity index (χ0) is 14.0. The molecule has 0 radical (unpaired) electrons. The van der Waals surface area contributed by atoms with E-state index in [0.717, 1.165) is 0 Å². The van der Waals surface area contributed by atoms with Crippen molar-refractivity contribution in [2.75, 3.05) is 7.11 Å². The normalized spacial score (nSPS) is 10.8. The molecule has 0 fully saturated rings. The first kappa shape index (κ1) is 13.3. The summed E-state index contributed by atoms with van der Waals surface area (Å²) in [4.78, 5) is 0. The first-order chi connectivity index (χ1) is 9.01. The number of rotatable bonds is 4. The van der Waals surface area contributed by atoms with E-state index in [1.165, 1.54) is 43.1 Å². The van der Waals surface area contributed by atoms with Crippen molar-refractivity contribution >= 4 is 0 Å². The topological polar surface area (TPSA) is 36.3 Å². The minimum absolute atomic E-state index is 0.0867. The molecule has 0 atom stereocenters. The Hall–Kier alpha value is -2.18. The van der Waals surface area contributed by atoms with E-state index < -0.39 is 12.4 Å². The molecule has 0 aliphatic carbocycles. The molecular weight excluding hydrogens is 261 g/mol. The van der Waals surface area contributed by atoms with E-state index in [0.29, 0.717) is 11.3 Å². The Kier molecular flexibility index (Phi) is 3.64. The van der Waals surface area contributed by atoms with Crippen LogP contribution < -0.4 is 9.47 Å². The van der Waals surface area contributed by atoms with Crippen molar-refractivity contribution in [3.05, 3.63) is 30.1 Å². The van der Waals surface area contributed by atoms with Gasteiger partial charge in [-0.2, -0.15) is 13.9 Å². The maximum Gasteiger partial charge on any atom is 0.388 e. The molecule has 2 aromatic rings. The summed E-state index contributed by atoms with van der Waals surface area (Å²) in [6.07, 6.45) is 0. The van der Waals surface area contributed by atoms with Crippen LogP contribution >= 0.6 is 0 Å². The summed E-state index contributed by atoms with van der Waals surface area (Å²) in [5.41, 5.74) is 0.846. The Morgan fingerprint density at radius 1 is 1.26 bits per heavy atom. The summed E-state index contributed by atoms with van der Waals surface area (Å²) in [6.45, 7) is -2.93. The Bertz CT molecular complexity index is 584. The van der Waals surface area contributed by atoms with Crippen molar-refractivity contribution in [2.24, 2.45) is 7.05 Å². The number of ether oxygens (including phenoxy) is 2. The van der Waals surface area contributed by atoms with Crippen LogP contribution in [0.5, 0.6) is 11.6 Å². The standard InChI is InChI=1S/C12H11F3N2O2/c1-17-11(19-12(14)15)6-9(16-17)8-4-3-7(13)5-10(8)18-2/h3-6,12H,1-2H3. The van der Waals surface area contributed by atoms with Gasteiger partial charge in [0.2, 0.25) is 5.88 Å². The van der Waals surface area contributed by atoms with Gasteiger partial charge in [0.05, 0.1) is 12.8 Å². The van der Waals surface area contributed by atoms with Gasteiger partial charge < -0.3 is 9.47 Å².